The van der Waals surface area contributed by atoms with E-state index in [0.29, 0.717) is 38.9 Å². The van der Waals surface area contributed by atoms with E-state index in [-0.39, 0.29) is 30.2 Å². The fourth-order valence-electron chi connectivity index (χ4n) is 3.78. The lowest BCUT2D eigenvalue weighted by molar-refractivity contribution is -0.144. The number of amides is 2. The minimum absolute atomic E-state index is 0.00710. The van der Waals surface area contributed by atoms with E-state index in [1.165, 1.54) is 12.7 Å². The topological polar surface area (TPSA) is 140 Å². The number of aliphatic imine (C=N–C) groups is 1. The number of ether oxygens (including phenoxy) is 1. The van der Waals surface area contributed by atoms with Crippen molar-refractivity contribution in [3.8, 4) is 0 Å². The molecule has 0 radical (unpaired) electrons. The molecular weight excluding hydrogens is 398 g/mol. The van der Waals surface area contributed by atoms with Gasteiger partial charge in [0.25, 0.3) is 0 Å². The van der Waals surface area contributed by atoms with Gasteiger partial charge in [-0.2, -0.15) is 0 Å². The molecule has 0 aromatic heterocycles. The van der Waals surface area contributed by atoms with Crippen molar-refractivity contribution >= 4 is 23.7 Å². The van der Waals surface area contributed by atoms with Crippen LogP contribution in [-0.2, 0) is 25.5 Å². The lowest BCUT2D eigenvalue weighted by atomic mass is 10.0. The van der Waals surface area contributed by atoms with E-state index in [9.17, 15) is 14.4 Å². The molecule has 0 bridgehead atoms. The summed E-state index contributed by atoms with van der Waals surface area (Å²) in [5.41, 5.74) is 11.8. The molecule has 1 aliphatic heterocycles. The zero-order valence-electron chi connectivity index (χ0n) is 18.1. The molecule has 2 rings (SSSR count). The van der Waals surface area contributed by atoms with E-state index in [2.05, 4.69) is 22.4 Å². The maximum absolute atomic E-state index is 12.9. The minimum atomic E-state index is -0.409. The van der Waals surface area contributed by atoms with Crippen molar-refractivity contribution in [2.75, 3.05) is 26.7 Å². The van der Waals surface area contributed by atoms with Gasteiger partial charge in [-0.1, -0.05) is 30.3 Å². The molecule has 0 saturated carbocycles. The Morgan fingerprint density at radius 1 is 1.23 bits per heavy atom. The Balaban J connectivity index is 1.89. The monoisotopic (exact) mass is 431 g/mol. The van der Waals surface area contributed by atoms with E-state index >= 15 is 0 Å². The normalized spacial score (nSPS) is 18.0. The first-order chi connectivity index (χ1) is 14.9. The molecule has 1 aromatic carbocycles. The highest BCUT2D eigenvalue weighted by molar-refractivity contribution is 5.86. The van der Waals surface area contributed by atoms with Crippen LogP contribution >= 0.6 is 0 Å². The Labute approximate surface area is 183 Å². The minimum Gasteiger partial charge on any atom is -0.469 e. The molecule has 9 nitrogen and oxygen atoms in total. The fraction of sp³-hybridized carbons (Fsp3) is 0.545. The number of nitrogens with zero attached hydrogens (tertiary/aromatic N) is 2. The van der Waals surface area contributed by atoms with Gasteiger partial charge in [0.2, 0.25) is 11.8 Å². The van der Waals surface area contributed by atoms with Gasteiger partial charge >= 0.3 is 5.97 Å². The van der Waals surface area contributed by atoms with Crippen molar-refractivity contribution in [2.24, 2.45) is 22.4 Å². The summed E-state index contributed by atoms with van der Waals surface area (Å²) in [6.45, 7) is 1.33. The number of guanidine groups is 1. The third-order valence-electron chi connectivity index (χ3n) is 5.37. The van der Waals surface area contributed by atoms with Crippen molar-refractivity contribution in [3.05, 3.63) is 35.9 Å². The van der Waals surface area contributed by atoms with Crippen LogP contribution < -0.4 is 16.8 Å². The van der Waals surface area contributed by atoms with Gasteiger partial charge in [-0.15, -0.1) is 0 Å². The van der Waals surface area contributed by atoms with Crippen molar-refractivity contribution in [1.29, 1.82) is 0 Å². The summed E-state index contributed by atoms with van der Waals surface area (Å²) < 4.78 is 4.73. The Kier molecular flexibility index (Phi) is 9.80. The SMILES string of the molecule is COC(=O)C[C@@H]1C[C@@H](CNC(=O)CCCN=C(N)N)N(CCCc2ccccc2)C1=O. The molecule has 31 heavy (non-hydrogen) atoms. The highest BCUT2D eigenvalue weighted by atomic mass is 16.5. The highest BCUT2D eigenvalue weighted by Crippen LogP contribution is 2.28. The van der Waals surface area contributed by atoms with Gasteiger partial charge in [-0.25, -0.2) is 0 Å². The third kappa shape index (κ3) is 8.27. The van der Waals surface area contributed by atoms with E-state index in [0.717, 1.165) is 12.8 Å². The first-order valence-electron chi connectivity index (χ1n) is 10.6. The van der Waals surface area contributed by atoms with Gasteiger partial charge in [-0.05, 0) is 31.2 Å². The number of esters is 1. The van der Waals surface area contributed by atoms with Crippen molar-refractivity contribution in [1.82, 2.24) is 10.2 Å². The fourth-order valence-corrected chi connectivity index (χ4v) is 3.78. The van der Waals surface area contributed by atoms with Gasteiger partial charge in [0.1, 0.15) is 0 Å². The second kappa shape index (κ2) is 12.6. The number of nitrogens with one attached hydrogen (secondary N) is 1. The number of likely N-dealkylation sites (tertiary alicyclic amines) is 1. The molecule has 170 valence electrons. The average molecular weight is 432 g/mol. The summed E-state index contributed by atoms with van der Waals surface area (Å²) in [6, 6.07) is 9.95. The Morgan fingerprint density at radius 3 is 2.65 bits per heavy atom. The molecular formula is C22H33N5O4. The van der Waals surface area contributed by atoms with Crippen molar-refractivity contribution in [2.45, 2.75) is 44.6 Å². The molecule has 0 unspecified atom stereocenters. The Hall–Kier alpha value is -3.10. The summed E-state index contributed by atoms with van der Waals surface area (Å²) in [5, 5.41) is 2.90. The summed E-state index contributed by atoms with van der Waals surface area (Å²) in [5.74, 6) is -0.961. The van der Waals surface area contributed by atoms with Crippen molar-refractivity contribution < 1.29 is 19.1 Å². The van der Waals surface area contributed by atoms with Gasteiger partial charge in [0.05, 0.1) is 19.4 Å². The van der Waals surface area contributed by atoms with Gasteiger partial charge < -0.3 is 26.4 Å². The molecule has 5 N–H and O–H groups in total. The molecule has 1 heterocycles. The summed E-state index contributed by atoms with van der Waals surface area (Å²) in [7, 11) is 1.32. The molecule has 2 atom stereocenters. The number of nitrogens with two attached hydrogens (primary N) is 2. The predicted molar refractivity (Wildman–Crippen MR) is 118 cm³/mol. The van der Waals surface area contributed by atoms with Gasteiger partial charge in [-0.3, -0.25) is 19.4 Å². The van der Waals surface area contributed by atoms with Crippen LogP contribution in [0.1, 0.15) is 37.7 Å². The van der Waals surface area contributed by atoms with Gasteiger partial charge in [0.15, 0.2) is 5.96 Å². The van der Waals surface area contributed by atoms with Crippen LogP contribution in [0.15, 0.2) is 35.3 Å². The van der Waals surface area contributed by atoms with Gasteiger partial charge in [0, 0.05) is 32.1 Å². The lowest BCUT2D eigenvalue weighted by Gasteiger charge is -2.25. The van der Waals surface area contributed by atoms with Crippen LogP contribution in [0, 0.1) is 5.92 Å². The second-order valence-electron chi connectivity index (χ2n) is 7.70. The quantitative estimate of drug-likeness (QED) is 0.191. The summed E-state index contributed by atoms with van der Waals surface area (Å²) in [4.78, 5) is 42.4. The van der Waals surface area contributed by atoms with E-state index < -0.39 is 11.9 Å². The van der Waals surface area contributed by atoms with E-state index in [1.54, 1.807) is 4.90 Å². The number of rotatable bonds is 12. The summed E-state index contributed by atoms with van der Waals surface area (Å²) in [6.07, 6.45) is 3.09. The van der Waals surface area contributed by atoms with Crippen LogP contribution in [0.5, 0.6) is 0 Å². The van der Waals surface area contributed by atoms with Crippen LogP contribution in [0.4, 0.5) is 0 Å². The lowest BCUT2D eigenvalue weighted by Crippen LogP contribution is -2.42. The molecule has 2 amide bonds. The average Bonchev–Trinajstić information content (AvgIpc) is 3.05. The number of hydrogen-bond acceptors (Lipinski definition) is 5. The molecule has 1 aliphatic rings. The second-order valence-corrected chi connectivity index (χ2v) is 7.70. The molecule has 9 heteroatoms. The molecule has 0 spiro atoms. The summed E-state index contributed by atoms with van der Waals surface area (Å²) >= 11 is 0. The Morgan fingerprint density at radius 2 is 1.97 bits per heavy atom. The Bertz CT molecular complexity index is 764. The predicted octanol–water partition coefficient (Wildman–Crippen LogP) is 0.569. The zero-order valence-corrected chi connectivity index (χ0v) is 18.1. The highest BCUT2D eigenvalue weighted by Gasteiger charge is 2.40. The van der Waals surface area contributed by atoms with Crippen LogP contribution in [0.2, 0.25) is 0 Å². The number of methoxy groups -OCH3 is 1. The van der Waals surface area contributed by atoms with Crippen LogP contribution in [-0.4, -0.2) is 61.4 Å². The molecule has 1 fully saturated rings. The van der Waals surface area contributed by atoms with E-state index in [1.807, 2.05) is 18.2 Å². The number of benzene rings is 1. The first-order valence-corrected chi connectivity index (χ1v) is 10.6. The standard InChI is InChI=1S/C22H33N5O4/c1-31-20(29)14-17-13-18(15-26-19(28)10-5-11-25-22(23)24)27(21(17)30)12-6-9-16-7-3-2-4-8-16/h2-4,7-8,17-18H,5-6,9-15H2,1H3,(H,26,28)(H4,23,24,25)/t17-,18-/m0/s1. The molecule has 1 aromatic rings. The number of carbonyl (C=O) groups excluding carboxylic acids is 3. The number of aryl methyl sites for hydroxylation is 1. The smallest absolute Gasteiger partial charge is 0.306 e. The van der Waals surface area contributed by atoms with Crippen molar-refractivity contribution in [3.63, 3.8) is 0 Å². The molecule has 0 aliphatic carbocycles. The van der Waals surface area contributed by atoms with Crippen LogP contribution in [0.3, 0.4) is 0 Å². The first kappa shape index (κ1) is 24.2. The van der Waals surface area contributed by atoms with Crippen LogP contribution in [0.25, 0.3) is 0 Å². The maximum atomic E-state index is 12.9. The maximum Gasteiger partial charge on any atom is 0.306 e. The third-order valence-corrected chi connectivity index (χ3v) is 5.37. The van der Waals surface area contributed by atoms with E-state index in [4.69, 9.17) is 16.2 Å². The number of carbonyl (C=O) groups is 3. The largest absolute Gasteiger partial charge is 0.469 e. The molecule has 1 saturated heterocycles. The number of hydrogen-bond donors (Lipinski definition) is 3. The zero-order chi connectivity index (χ0) is 22.6.